The van der Waals surface area contributed by atoms with Gasteiger partial charge in [-0.3, -0.25) is 0 Å². The molecule has 0 radical (unpaired) electrons. The third-order valence-electron chi connectivity index (χ3n) is 5.69. The summed E-state index contributed by atoms with van der Waals surface area (Å²) in [6, 6.07) is 24.1. The molecule has 0 saturated carbocycles. The van der Waals surface area contributed by atoms with Crippen LogP contribution in [0.4, 0.5) is 10.1 Å². The number of nitrogens with one attached hydrogen (secondary N) is 1. The lowest BCUT2D eigenvalue weighted by atomic mass is 9.76. The maximum Gasteiger partial charge on any atom is 0.123 e. The molecule has 0 amide bonds. The number of anilines is 1. The zero-order valence-corrected chi connectivity index (χ0v) is 14.4. The first-order valence-corrected chi connectivity index (χ1v) is 9.18. The second-order valence-corrected chi connectivity index (χ2v) is 7.17. The monoisotopic (exact) mass is 341 g/mol. The summed E-state index contributed by atoms with van der Waals surface area (Å²) in [7, 11) is 0. The largest absolute Gasteiger partial charge is 0.377 e. The van der Waals surface area contributed by atoms with Crippen LogP contribution in [0.2, 0.25) is 0 Å². The first-order valence-electron chi connectivity index (χ1n) is 9.18. The predicted octanol–water partition coefficient (Wildman–Crippen LogP) is 6.32. The van der Waals surface area contributed by atoms with Gasteiger partial charge in [0.25, 0.3) is 0 Å². The van der Waals surface area contributed by atoms with Crippen LogP contribution in [-0.2, 0) is 0 Å². The van der Waals surface area contributed by atoms with E-state index in [1.807, 2.05) is 18.2 Å². The van der Waals surface area contributed by atoms with Gasteiger partial charge in [-0.2, -0.15) is 0 Å². The maximum atomic E-state index is 13.9. The Bertz CT molecular complexity index is 977. The second kappa shape index (κ2) is 6.14. The lowest BCUT2D eigenvalue weighted by Gasteiger charge is -2.38. The van der Waals surface area contributed by atoms with Crippen molar-refractivity contribution in [2.75, 3.05) is 5.32 Å². The van der Waals surface area contributed by atoms with Crippen molar-refractivity contribution < 1.29 is 4.39 Å². The van der Waals surface area contributed by atoms with Gasteiger partial charge in [-0.05, 0) is 41.2 Å². The lowest BCUT2D eigenvalue weighted by molar-refractivity contribution is 0.424. The summed E-state index contributed by atoms with van der Waals surface area (Å²) in [5.41, 5.74) is 5.97. The van der Waals surface area contributed by atoms with Crippen LogP contribution in [0.25, 0.3) is 11.1 Å². The molecule has 1 nitrogen and oxygen atoms in total. The summed E-state index contributed by atoms with van der Waals surface area (Å²) >= 11 is 0. The third kappa shape index (κ3) is 2.45. The van der Waals surface area contributed by atoms with Gasteiger partial charge in [0.15, 0.2) is 0 Å². The number of hydrogen-bond acceptors (Lipinski definition) is 1. The molecule has 1 heterocycles. The summed E-state index contributed by atoms with van der Waals surface area (Å²) in [5.74, 6) is 0.632. The molecule has 0 fully saturated rings. The van der Waals surface area contributed by atoms with Gasteiger partial charge < -0.3 is 5.32 Å². The van der Waals surface area contributed by atoms with Crippen LogP contribution in [0.3, 0.4) is 0 Å². The fourth-order valence-electron chi connectivity index (χ4n) is 4.51. The molecule has 0 unspecified atom stereocenters. The standard InChI is InChI=1S/C24H20FN/c25-18-10-4-9-17(15-18)23-21-13-6-12-20(21)22-14-5-11-19(24(22)26-23)16-7-2-1-3-8-16/h1-12,14-15,20-21,23,26H,13H2/t20-,21+,23+/m1/s1. The van der Waals surface area contributed by atoms with E-state index in [1.165, 1.54) is 28.4 Å². The van der Waals surface area contributed by atoms with Crippen molar-refractivity contribution in [1.82, 2.24) is 0 Å². The molecule has 0 aromatic heterocycles. The Hall–Kier alpha value is -2.87. The van der Waals surface area contributed by atoms with E-state index in [2.05, 4.69) is 59.9 Å². The van der Waals surface area contributed by atoms with Gasteiger partial charge in [0.2, 0.25) is 0 Å². The predicted molar refractivity (Wildman–Crippen MR) is 105 cm³/mol. The van der Waals surface area contributed by atoms with Gasteiger partial charge in [0.1, 0.15) is 5.82 Å². The molecule has 26 heavy (non-hydrogen) atoms. The summed E-state index contributed by atoms with van der Waals surface area (Å²) < 4.78 is 13.9. The molecule has 128 valence electrons. The van der Waals surface area contributed by atoms with Crippen LogP contribution in [0.5, 0.6) is 0 Å². The first-order chi connectivity index (χ1) is 12.8. The van der Waals surface area contributed by atoms with Gasteiger partial charge >= 0.3 is 0 Å². The quantitative estimate of drug-likeness (QED) is 0.538. The highest BCUT2D eigenvalue weighted by atomic mass is 19.1. The van der Waals surface area contributed by atoms with Gasteiger partial charge in [-0.1, -0.05) is 72.8 Å². The van der Waals surface area contributed by atoms with Crippen LogP contribution < -0.4 is 5.32 Å². The second-order valence-electron chi connectivity index (χ2n) is 7.17. The van der Waals surface area contributed by atoms with Crippen molar-refractivity contribution in [2.24, 2.45) is 5.92 Å². The van der Waals surface area contributed by atoms with Gasteiger partial charge in [-0.15, -0.1) is 0 Å². The highest BCUT2D eigenvalue weighted by Crippen LogP contribution is 2.52. The smallest absolute Gasteiger partial charge is 0.123 e. The Labute approximate surface area is 153 Å². The molecule has 2 heteroatoms. The molecule has 5 rings (SSSR count). The molecule has 2 aliphatic rings. The Morgan fingerprint density at radius 3 is 2.58 bits per heavy atom. The van der Waals surface area contributed by atoms with E-state index < -0.39 is 0 Å². The summed E-state index contributed by atoms with van der Waals surface area (Å²) in [5, 5.41) is 3.77. The molecular weight excluding hydrogens is 321 g/mol. The van der Waals surface area contributed by atoms with Crippen LogP contribution in [0.15, 0.2) is 84.9 Å². The van der Waals surface area contributed by atoms with E-state index in [9.17, 15) is 4.39 Å². The molecule has 0 saturated heterocycles. The van der Waals surface area contributed by atoms with Crippen LogP contribution in [0, 0.1) is 11.7 Å². The van der Waals surface area contributed by atoms with E-state index in [0.29, 0.717) is 11.8 Å². The average Bonchev–Trinajstić information content (AvgIpc) is 3.18. The molecule has 3 aromatic carbocycles. The van der Waals surface area contributed by atoms with E-state index in [4.69, 9.17) is 0 Å². The zero-order valence-electron chi connectivity index (χ0n) is 14.4. The molecule has 1 aliphatic carbocycles. The molecule has 0 spiro atoms. The fraction of sp³-hybridized carbons (Fsp3) is 0.167. The molecular formula is C24H20FN. The number of hydrogen-bond donors (Lipinski definition) is 1. The van der Waals surface area contributed by atoms with Crippen molar-refractivity contribution in [3.05, 3.63) is 102 Å². The summed E-state index contributed by atoms with van der Waals surface area (Å²) in [6.45, 7) is 0. The number of benzene rings is 3. The fourth-order valence-corrected chi connectivity index (χ4v) is 4.51. The van der Waals surface area contributed by atoms with Gasteiger partial charge in [0.05, 0.1) is 6.04 Å². The highest BCUT2D eigenvalue weighted by molar-refractivity contribution is 5.82. The minimum absolute atomic E-state index is 0.114. The highest BCUT2D eigenvalue weighted by Gasteiger charge is 2.38. The van der Waals surface area contributed by atoms with Crippen molar-refractivity contribution >= 4 is 5.69 Å². The van der Waals surface area contributed by atoms with Crippen molar-refractivity contribution in [3.8, 4) is 11.1 Å². The Balaban J connectivity index is 1.66. The van der Waals surface area contributed by atoms with E-state index in [1.54, 1.807) is 6.07 Å². The topological polar surface area (TPSA) is 12.0 Å². The molecule has 0 bridgehead atoms. The van der Waals surface area contributed by atoms with Crippen LogP contribution >= 0.6 is 0 Å². The lowest BCUT2D eigenvalue weighted by Crippen LogP contribution is -2.29. The molecule has 1 N–H and O–H groups in total. The summed E-state index contributed by atoms with van der Waals surface area (Å²) in [6.07, 6.45) is 5.62. The van der Waals surface area contributed by atoms with Gasteiger partial charge in [0, 0.05) is 17.2 Å². The number of para-hydroxylation sites is 1. The number of allylic oxidation sites excluding steroid dienone is 2. The maximum absolute atomic E-state index is 13.9. The Morgan fingerprint density at radius 1 is 0.885 bits per heavy atom. The molecule has 3 atom stereocenters. The van der Waals surface area contributed by atoms with E-state index >= 15 is 0 Å². The molecule has 1 aliphatic heterocycles. The van der Waals surface area contributed by atoms with Crippen molar-refractivity contribution in [3.63, 3.8) is 0 Å². The van der Waals surface area contributed by atoms with Crippen molar-refractivity contribution in [2.45, 2.75) is 18.4 Å². The number of rotatable bonds is 2. The minimum atomic E-state index is -0.172. The first kappa shape index (κ1) is 15.4. The van der Waals surface area contributed by atoms with E-state index in [0.717, 1.165) is 12.0 Å². The van der Waals surface area contributed by atoms with Crippen molar-refractivity contribution in [1.29, 1.82) is 0 Å². The van der Waals surface area contributed by atoms with Crippen LogP contribution in [-0.4, -0.2) is 0 Å². The average molecular weight is 341 g/mol. The van der Waals surface area contributed by atoms with E-state index in [-0.39, 0.29) is 11.9 Å². The molecule has 3 aromatic rings. The normalized spacial score (nSPS) is 23.2. The van der Waals surface area contributed by atoms with Gasteiger partial charge in [-0.25, -0.2) is 4.39 Å². The third-order valence-corrected chi connectivity index (χ3v) is 5.69. The summed E-state index contributed by atoms with van der Waals surface area (Å²) in [4.78, 5) is 0. The number of fused-ring (bicyclic) bond motifs is 3. The number of halogens is 1. The zero-order chi connectivity index (χ0) is 17.5. The van der Waals surface area contributed by atoms with Crippen LogP contribution in [0.1, 0.15) is 29.5 Å². The Morgan fingerprint density at radius 2 is 1.73 bits per heavy atom. The minimum Gasteiger partial charge on any atom is -0.377 e. The Kier molecular flexibility index (Phi) is 3.63. The SMILES string of the molecule is Fc1cccc([C@@H]2Nc3c(-c4ccccc4)cccc3[C@@H]3C=CC[C@@H]32)c1.